The zero-order valence-electron chi connectivity index (χ0n) is 11.0. The molecule has 1 unspecified atom stereocenters. The topological polar surface area (TPSA) is 133 Å². The molecule has 0 amide bonds. The Hall–Kier alpha value is -1.23. The molecular weight excluding hydrogens is 292 g/mol. The molecule has 0 aromatic heterocycles. The van der Waals surface area contributed by atoms with Crippen LogP contribution in [0.2, 0.25) is 0 Å². The van der Waals surface area contributed by atoms with Gasteiger partial charge in [0.05, 0.1) is 13.0 Å². The first-order valence-corrected chi connectivity index (χ1v) is 7.45. The van der Waals surface area contributed by atoms with Crippen LogP contribution in [0.4, 0.5) is 0 Å². The number of nitrogens with zero attached hydrogens (tertiary/aromatic N) is 1. The molecule has 0 aliphatic carbocycles. The van der Waals surface area contributed by atoms with Gasteiger partial charge in [-0.25, -0.2) is 4.79 Å². The fraction of sp³-hybridized carbons (Fsp3) is 0.800. The minimum absolute atomic E-state index is 0.0839. The van der Waals surface area contributed by atoms with Gasteiger partial charge in [0.15, 0.2) is 6.10 Å². The number of rotatable bonds is 6. The third-order valence-corrected chi connectivity index (χ3v) is 4.65. The number of methoxy groups -OCH3 is 1. The Labute approximate surface area is 116 Å². The Morgan fingerprint density at radius 3 is 2.40 bits per heavy atom. The van der Waals surface area contributed by atoms with Gasteiger partial charge in [0, 0.05) is 19.6 Å². The second-order valence-corrected chi connectivity index (χ2v) is 6.16. The van der Waals surface area contributed by atoms with E-state index < -0.39 is 40.7 Å². The van der Waals surface area contributed by atoms with Crippen molar-refractivity contribution in [2.24, 2.45) is 5.92 Å². The maximum absolute atomic E-state index is 11.9. The number of hydrogen-bond acceptors (Lipinski definition) is 6. The SMILES string of the molecule is COC(=O)C(O)CNS(=O)(=O)N1CCC(C(=O)O)CC1. The highest BCUT2D eigenvalue weighted by atomic mass is 32.2. The first kappa shape index (κ1) is 16.8. The second-order valence-electron chi connectivity index (χ2n) is 4.40. The molecule has 1 heterocycles. The summed E-state index contributed by atoms with van der Waals surface area (Å²) < 4.78 is 31.2. The van der Waals surface area contributed by atoms with Crippen LogP contribution in [0.25, 0.3) is 0 Å². The third kappa shape index (κ3) is 4.40. The summed E-state index contributed by atoms with van der Waals surface area (Å²) in [6.07, 6.45) is -1.11. The summed E-state index contributed by atoms with van der Waals surface area (Å²) in [5, 5.41) is 18.1. The van der Waals surface area contributed by atoms with Crippen LogP contribution in [-0.4, -0.2) is 67.7 Å². The van der Waals surface area contributed by atoms with E-state index in [1.807, 2.05) is 0 Å². The Morgan fingerprint density at radius 1 is 1.40 bits per heavy atom. The van der Waals surface area contributed by atoms with Crippen LogP contribution in [0.1, 0.15) is 12.8 Å². The van der Waals surface area contributed by atoms with Crippen molar-refractivity contribution >= 4 is 22.1 Å². The van der Waals surface area contributed by atoms with Crippen molar-refractivity contribution in [2.75, 3.05) is 26.7 Å². The molecular formula is C10H18N2O7S. The van der Waals surface area contributed by atoms with Gasteiger partial charge in [0.1, 0.15) is 0 Å². The van der Waals surface area contributed by atoms with Crippen molar-refractivity contribution in [1.29, 1.82) is 0 Å². The quantitative estimate of drug-likeness (QED) is 0.490. The molecule has 3 N–H and O–H groups in total. The highest BCUT2D eigenvalue weighted by molar-refractivity contribution is 7.87. The fourth-order valence-corrected chi connectivity index (χ4v) is 3.08. The summed E-state index contributed by atoms with van der Waals surface area (Å²) in [7, 11) is -2.77. The summed E-state index contributed by atoms with van der Waals surface area (Å²) in [4.78, 5) is 21.7. The first-order valence-electron chi connectivity index (χ1n) is 6.01. The Balaban J connectivity index is 2.50. The minimum atomic E-state index is -3.85. The van der Waals surface area contributed by atoms with Crippen molar-refractivity contribution in [2.45, 2.75) is 18.9 Å². The fourth-order valence-electron chi connectivity index (χ4n) is 1.84. The smallest absolute Gasteiger partial charge is 0.336 e. The van der Waals surface area contributed by atoms with E-state index in [1.165, 1.54) is 0 Å². The number of hydrogen-bond donors (Lipinski definition) is 3. The van der Waals surface area contributed by atoms with Crippen LogP contribution in [0, 0.1) is 5.92 Å². The average Bonchev–Trinajstić information content (AvgIpc) is 2.44. The number of carboxylic acids is 1. The minimum Gasteiger partial charge on any atom is -0.481 e. The molecule has 0 saturated carbocycles. The summed E-state index contributed by atoms with van der Waals surface area (Å²) in [6, 6.07) is 0. The van der Waals surface area contributed by atoms with E-state index in [9.17, 15) is 23.1 Å². The predicted octanol–water partition coefficient (Wildman–Crippen LogP) is -1.85. The summed E-state index contributed by atoms with van der Waals surface area (Å²) >= 11 is 0. The summed E-state index contributed by atoms with van der Waals surface area (Å²) in [5.41, 5.74) is 0. The molecule has 1 atom stereocenters. The molecule has 0 aromatic carbocycles. The number of esters is 1. The van der Waals surface area contributed by atoms with Crippen LogP contribution in [-0.2, 0) is 24.5 Å². The summed E-state index contributed by atoms with van der Waals surface area (Å²) in [5.74, 6) is -2.41. The number of piperidine rings is 1. The van der Waals surface area contributed by atoms with Gasteiger partial charge >= 0.3 is 11.9 Å². The van der Waals surface area contributed by atoms with E-state index in [0.717, 1.165) is 11.4 Å². The largest absolute Gasteiger partial charge is 0.481 e. The molecule has 0 radical (unpaired) electrons. The molecule has 1 aliphatic rings. The van der Waals surface area contributed by atoms with Crippen LogP contribution < -0.4 is 4.72 Å². The molecule has 1 rings (SSSR count). The van der Waals surface area contributed by atoms with E-state index in [1.54, 1.807) is 0 Å². The molecule has 10 heteroatoms. The Bertz CT molecular complexity index is 456. The van der Waals surface area contributed by atoms with Gasteiger partial charge in [-0.2, -0.15) is 17.4 Å². The van der Waals surface area contributed by atoms with Crippen LogP contribution in [0.5, 0.6) is 0 Å². The normalized spacial score (nSPS) is 19.5. The molecule has 20 heavy (non-hydrogen) atoms. The number of aliphatic hydroxyl groups excluding tert-OH is 1. The molecule has 116 valence electrons. The molecule has 0 bridgehead atoms. The molecule has 1 saturated heterocycles. The monoisotopic (exact) mass is 310 g/mol. The highest BCUT2D eigenvalue weighted by Crippen LogP contribution is 2.19. The van der Waals surface area contributed by atoms with E-state index in [0.29, 0.717) is 0 Å². The van der Waals surface area contributed by atoms with Gasteiger partial charge in [0.2, 0.25) is 0 Å². The predicted molar refractivity (Wildman–Crippen MR) is 66.9 cm³/mol. The zero-order valence-corrected chi connectivity index (χ0v) is 11.8. The summed E-state index contributed by atoms with van der Waals surface area (Å²) in [6.45, 7) is -0.324. The second kappa shape index (κ2) is 6.97. The van der Waals surface area contributed by atoms with Gasteiger partial charge in [0.25, 0.3) is 10.2 Å². The molecule has 9 nitrogen and oxygen atoms in total. The molecule has 0 aromatic rings. The average molecular weight is 310 g/mol. The van der Waals surface area contributed by atoms with Crippen molar-refractivity contribution in [3.8, 4) is 0 Å². The lowest BCUT2D eigenvalue weighted by Crippen LogP contribution is -2.48. The van der Waals surface area contributed by atoms with Crippen molar-refractivity contribution < 1.29 is 33.0 Å². The van der Waals surface area contributed by atoms with Gasteiger partial charge < -0.3 is 14.9 Å². The number of ether oxygens (including phenoxy) is 1. The van der Waals surface area contributed by atoms with Gasteiger partial charge in [-0.1, -0.05) is 0 Å². The highest BCUT2D eigenvalue weighted by Gasteiger charge is 2.31. The van der Waals surface area contributed by atoms with Crippen molar-refractivity contribution in [3.05, 3.63) is 0 Å². The van der Waals surface area contributed by atoms with Crippen LogP contribution in [0.3, 0.4) is 0 Å². The van der Waals surface area contributed by atoms with Gasteiger partial charge in [-0.3, -0.25) is 4.79 Å². The number of carboxylic acid groups (broad SMARTS) is 1. The van der Waals surface area contributed by atoms with Crippen LogP contribution >= 0.6 is 0 Å². The maximum atomic E-state index is 11.9. The zero-order chi connectivity index (χ0) is 15.3. The Morgan fingerprint density at radius 2 is 1.95 bits per heavy atom. The van der Waals surface area contributed by atoms with E-state index in [4.69, 9.17) is 5.11 Å². The van der Waals surface area contributed by atoms with E-state index >= 15 is 0 Å². The lowest BCUT2D eigenvalue weighted by atomic mass is 9.99. The maximum Gasteiger partial charge on any atom is 0.336 e. The van der Waals surface area contributed by atoms with Crippen LogP contribution in [0.15, 0.2) is 0 Å². The lowest BCUT2D eigenvalue weighted by Gasteiger charge is -2.29. The first-order chi connectivity index (χ1) is 9.27. The third-order valence-electron chi connectivity index (χ3n) is 3.08. The number of carbonyl (C=O) groups excluding carboxylic acids is 1. The Kier molecular flexibility index (Phi) is 5.87. The van der Waals surface area contributed by atoms with E-state index in [-0.39, 0.29) is 25.9 Å². The molecule has 1 aliphatic heterocycles. The van der Waals surface area contributed by atoms with Crippen molar-refractivity contribution in [3.63, 3.8) is 0 Å². The number of aliphatic carboxylic acids is 1. The standard InChI is InChI=1S/C10H18N2O7S/c1-19-10(16)8(13)6-11-20(17,18)12-4-2-7(3-5-12)9(14)15/h7-8,11,13H,2-6H2,1H3,(H,14,15). The van der Waals surface area contributed by atoms with Crippen molar-refractivity contribution in [1.82, 2.24) is 9.03 Å². The number of nitrogens with one attached hydrogen (secondary N) is 1. The molecule has 0 spiro atoms. The van der Waals surface area contributed by atoms with Gasteiger partial charge in [-0.05, 0) is 12.8 Å². The lowest BCUT2D eigenvalue weighted by molar-refractivity contribution is -0.150. The molecule has 1 fully saturated rings. The van der Waals surface area contributed by atoms with Gasteiger partial charge in [-0.15, -0.1) is 0 Å². The number of carbonyl (C=O) groups is 2. The van der Waals surface area contributed by atoms with E-state index in [2.05, 4.69) is 9.46 Å². The number of aliphatic hydroxyl groups is 1.